The summed E-state index contributed by atoms with van der Waals surface area (Å²) in [4.78, 5) is 0. The second kappa shape index (κ2) is 5.72. The summed E-state index contributed by atoms with van der Waals surface area (Å²) in [6, 6.07) is 10.0. The van der Waals surface area contributed by atoms with Crippen molar-refractivity contribution in [2.24, 2.45) is 0 Å². The highest BCUT2D eigenvalue weighted by molar-refractivity contribution is 5.85. The Labute approximate surface area is 95.5 Å². The summed E-state index contributed by atoms with van der Waals surface area (Å²) in [7, 11) is 0. The summed E-state index contributed by atoms with van der Waals surface area (Å²) in [6.45, 7) is 2.26. The van der Waals surface area contributed by atoms with Crippen LogP contribution >= 0.6 is 12.4 Å². The molecule has 0 aromatic heterocycles. The van der Waals surface area contributed by atoms with Crippen LogP contribution in [0.25, 0.3) is 0 Å². The fourth-order valence-corrected chi connectivity index (χ4v) is 1.67. The summed E-state index contributed by atoms with van der Waals surface area (Å²) in [6.07, 6.45) is 0. The lowest BCUT2D eigenvalue weighted by Crippen LogP contribution is -2.34. The standard InChI is InChI=1S/C11H12N2O.ClH/c12-7-9-3-1-2-4-10(9)11-8-14-6-5-13-11;/h1-4,11,13H,5-6,8H2;1H/t11-;/m1./s1. The van der Waals surface area contributed by atoms with Crippen molar-refractivity contribution >= 4 is 12.4 Å². The molecule has 0 amide bonds. The number of nitrogens with zero attached hydrogens (tertiary/aromatic N) is 1. The van der Waals surface area contributed by atoms with Crippen molar-refractivity contribution in [1.29, 1.82) is 5.26 Å². The summed E-state index contributed by atoms with van der Waals surface area (Å²) in [5.41, 5.74) is 1.77. The van der Waals surface area contributed by atoms with E-state index in [0.29, 0.717) is 6.61 Å². The van der Waals surface area contributed by atoms with Crippen molar-refractivity contribution in [2.75, 3.05) is 19.8 Å². The number of nitriles is 1. The number of halogens is 1. The fraction of sp³-hybridized carbons (Fsp3) is 0.364. The summed E-state index contributed by atoms with van der Waals surface area (Å²) in [5, 5.41) is 12.3. The molecule has 1 saturated heterocycles. The normalized spacial score (nSPS) is 20.1. The van der Waals surface area contributed by atoms with Gasteiger partial charge in [0.15, 0.2) is 0 Å². The molecule has 3 nitrogen and oxygen atoms in total. The van der Waals surface area contributed by atoms with E-state index in [0.717, 1.165) is 24.3 Å². The lowest BCUT2D eigenvalue weighted by molar-refractivity contribution is 0.0768. The highest BCUT2D eigenvalue weighted by Gasteiger charge is 2.17. The Balaban J connectivity index is 0.00000112. The van der Waals surface area contributed by atoms with E-state index >= 15 is 0 Å². The molecule has 1 aliphatic rings. The third-order valence-electron chi connectivity index (χ3n) is 2.38. The molecule has 0 unspecified atom stereocenters. The molecule has 4 heteroatoms. The van der Waals surface area contributed by atoms with Gasteiger partial charge in [-0.3, -0.25) is 0 Å². The maximum absolute atomic E-state index is 8.93. The molecule has 1 N–H and O–H groups in total. The zero-order chi connectivity index (χ0) is 9.80. The minimum atomic E-state index is 0. The number of nitrogens with one attached hydrogen (secondary N) is 1. The highest BCUT2D eigenvalue weighted by atomic mass is 35.5. The number of hydrogen-bond acceptors (Lipinski definition) is 3. The van der Waals surface area contributed by atoms with Crippen LogP contribution in [0.5, 0.6) is 0 Å². The van der Waals surface area contributed by atoms with Gasteiger partial charge in [-0.1, -0.05) is 18.2 Å². The molecule has 15 heavy (non-hydrogen) atoms. The van der Waals surface area contributed by atoms with Crippen molar-refractivity contribution in [3.63, 3.8) is 0 Å². The lowest BCUT2D eigenvalue weighted by atomic mass is 10.0. The summed E-state index contributed by atoms with van der Waals surface area (Å²) >= 11 is 0. The van der Waals surface area contributed by atoms with Crippen LogP contribution in [-0.2, 0) is 4.74 Å². The van der Waals surface area contributed by atoms with E-state index in [1.807, 2.05) is 24.3 Å². The predicted molar refractivity (Wildman–Crippen MR) is 60.0 cm³/mol. The Morgan fingerprint density at radius 3 is 2.87 bits per heavy atom. The van der Waals surface area contributed by atoms with Gasteiger partial charge in [-0.15, -0.1) is 12.4 Å². The molecule has 80 valence electrons. The first-order chi connectivity index (χ1) is 6.92. The van der Waals surface area contributed by atoms with Crippen LogP contribution in [0, 0.1) is 11.3 Å². The number of rotatable bonds is 1. The average Bonchev–Trinajstić information content (AvgIpc) is 2.30. The molecule has 0 radical (unpaired) electrons. The van der Waals surface area contributed by atoms with Gasteiger partial charge < -0.3 is 10.1 Å². The second-order valence-corrected chi connectivity index (χ2v) is 3.28. The van der Waals surface area contributed by atoms with Gasteiger partial charge in [0.25, 0.3) is 0 Å². The fourth-order valence-electron chi connectivity index (χ4n) is 1.67. The SMILES string of the molecule is Cl.N#Cc1ccccc1[C@H]1COCCN1. The van der Waals surface area contributed by atoms with Crippen LogP contribution in [0.4, 0.5) is 0 Å². The monoisotopic (exact) mass is 224 g/mol. The molecule has 1 fully saturated rings. The van der Waals surface area contributed by atoms with Gasteiger partial charge in [0.2, 0.25) is 0 Å². The molecule has 2 rings (SSSR count). The molecule has 1 aliphatic heterocycles. The van der Waals surface area contributed by atoms with E-state index in [9.17, 15) is 0 Å². The Morgan fingerprint density at radius 1 is 1.40 bits per heavy atom. The molecule has 0 saturated carbocycles. The first-order valence-corrected chi connectivity index (χ1v) is 4.72. The van der Waals surface area contributed by atoms with E-state index in [1.165, 1.54) is 0 Å². The number of ether oxygens (including phenoxy) is 1. The van der Waals surface area contributed by atoms with Crippen molar-refractivity contribution in [1.82, 2.24) is 5.32 Å². The molecule has 0 aliphatic carbocycles. The van der Waals surface area contributed by atoms with E-state index in [4.69, 9.17) is 10.00 Å². The third kappa shape index (κ3) is 2.69. The molecule has 1 aromatic rings. The zero-order valence-electron chi connectivity index (χ0n) is 8.27. The molecule has 0 spiro atoms. The van der Waals surface area contributed by atoms with Crippen LogP contribution in [0.1, 0.15) is 17.2 Å². The quantitative estimate of drug-likeness (QED) is 0.789. The first kappa shape index (κ1) is 12.0. The third-order valence-corrected chi connectivity index (χ3v) is 2.38. The van der Waals surface area contributed by atoms with E-state index in [2.05, 4.69) is 11.4 Å². The van der Waals surface area contributed by atoms with Gasteiger partial charge >= 0.3 is 0 Å². The maximum atomic E-state index is 8.93. The summed E-state index contributed by atoms with van der Waals surface area (Å²) < 4.78 is 5.36. The van der Waals surface area contributed by atoms with Gasteiger partial charge in [-0.05, 0) is 11.6 Å². The number of benzene rings is 1. The minimum Gasteiger partial charge on any atom is -0.378 e. The topological polar surface area (TPSA) is 45.0 Å². The Bertz CT molecular complexity index is 356. The average molecular weight is 225 g/mol. The van der Waals surface area contributed by atoms with E-state index < -0.39 is 0 Å². The minimum absolute atomic E-state index is 0. The maximum Gasteiger partial charge on any atom is 0.0995 e. The zero-order valence-corrected chi connectivity index (χ0v) is 9.09. The van der Waals surface area contributed by atoms with Gasteiger partial charge in [0.1, 0.15) is 0 Å². The Morgan fingerprint density at radius 2 is 2.20 bits per heavy atom. The van der Waals surface area contributed by atoms with Crippen LogP contribution < -0.4 is 5.32 Å². The molecule has 1 aromatic carbocycles. The Kier molecular flexibility index (Phi) is 4.57. The Hall–Kier alpha value is -1.08. The highest BCUT2D eigenvalue weighted by Crippen LogP contribution is 2.19. The molecular weight excluding hydrogens is 212 g/mol. The van der Waals surface area contributed by atoms with Crippen LogP contribution in [0.15, 0.2) is 24.3 Å². The van der Waals surface area contributed by atoms with Crippen molar-refractivity contribution in [3.8, 4) is 6.07 Å². The smallest absolute Gasteiger partial charge is 0.0995 e. The van der Waals surface area contributed by atoms with Crippen molar-refractivity contribution in [3.05, 3.63) is 35.4 Å². The van der Waals surface area contributed by atoms with Gasteiger partial charge in [0, 0.05) is 6.54 Å². The van der Waals surface area contributed by atoms with Crippen LogP contribution in [0.3, 0.4) is 0 Å². The van der Waals surface area contributed by atoms with E-state index in [1.54, 1.807) is 0 Å². The summed E-state index contributed by atoms with van der Waals surface area (Å²) in [5.74, 6) is 0. The number of hydrogen-bond donors (Lipinski definition) is 1. The van der Waals surface area contributed by atoms with Gasteiger partial charge in [0.05, 0.1) is 30.9 Å². The van der Waals surface area contributed by atoms with Crippen molar-refractivity contribution < 1.29 is 4.74 Å². The molecule has 0 bridgehead atoms. The van der Waals surface area contributed by atoms with Crippen LogP contribution in [0.2, 0.25) is 0 Å². The second-order valence-electron chi connectivity index (χ2n) is 3.28. The molecular formula is C11H13ClN2O. The van der Waals surface area contributed by atoms with Crippen LogP contribution in [-0.4, -0.2) is 19.8 Å². The first-order valence-electron chi connectivity index (χ1n) is 4.72. The predicted octanol–water partition coefficient (Wildman–Crippen LogP) is 1.64. The van der Waals surface area contributed by atoms with E-state index in [-0.39, 0.29) is 18.4 Å². The molecule has 1 atom stereocenters. The van der Waals surface area contributed by atoms with Crippen molar-refractivity contribution in [2.45, 2.75) is 6.04 Å². The molecule has 1 heterocycles. The van der Waals surface area contributed by atoms with Gasteiger partial charge in [-0.2, -0.15) is 5.26 Å². The lowest BCUT2D eigenvalue weighted by Gasteiger charge is -2.24. The number of morpholine rings is 1. The largest absolute Gasteiger partial charge is 0.378 e. The van der Waals surface area contributed by atoms with Gasteiger partial charge in [-0.25, -0.2) is 0 Å².